The van der Waals surface area contributed by atoms with Crippen molar-refractivity contribution in [1.82, 2.24) is 0 Å². The van der Waals surface area contributed by atoms with Crippen molar-refractivity contribution in [2.24, 2.45) is 17.8 Å². The van der Waals surface area contributed by atoms with Gasteiger partial charge in [-0.15, -0.1) is 6.58 Å². The Kier molecular flexibility index (Phi) is 10.2. The molecule has 2 aliphatic carbocycles. The van der Waals surface area contributed by atoms with E-state index in [1.165, 1.54) is 69.8 Å². The fraction of sp³-hybridized carbons (Fsp3) is 0.655. The van der Waals surface area contributed by atoms with Crippen LogP contribution >= 0.6 is 0 Å². The number of hydrogen-bond donors (Lipinski definition) is 0. The molecule has 0 saturated heterocycles. The summed E-state index contributed by atoms with van der Waals surface area (Å²) >= 11 is 0. The first-order chi connectivity index (χ1) is 14.8. The molecule has 2 saturated carbocycles. The SMILES string of the molecule is C=CCCCOCc1ccc(C2CCC(C3CCC(CC=CCC)CC3)CC2)cc1. The zero-order valence-electron chi connectivity index (χ0n) is 19.4. The number of benzene rings is 1. The first kappa shape index (κ1) is 23.3. The standard InChI is InChI=1S/C29H44O/c1-3-5-7-9-24-10-14-26(15-11-24)28-18-20-29(21-19-28)27-16-12-25(13-17-27)23-30-22-8-6-4-2/h4-5,7,12-13,16-17,24,26,28-29H,2-3,6,8-11,14-15,18-23H2,1H3. The van der Waals surface area contributed by atoms with E-state index in [0.717, 1.165) is 49.7 Å². The highest BCUT2D eigenvalue weighted by molar-refractivity contribution is 5.25. The Hall–Kier alpha value is -1.34. The van der Waals surface area contributed by atoms with E-state index in [0.29, 0.717) is 0 Å². The molecule has 30 heavy (non-hydrogen) atoms. The fourth-order valence-corrected chi connectivity index (χ4v) is 5.68. The van der Waals surface area contributed by atoms with Gasteiger partial charge in [-0.05, 0) is 112 Å². The first-order valence-electron chi connectivity index (χ1n) is 12.7. The third-order valence-electron chi connectivity index (χ3n) is 7.62. The highest BCUT2D eigenvalue weighted by Crippen LogP contribution is 2.44. The van der Waals surface area contributed by atoms with E-state index >= 15 is 0 Å². The van der Waals surface area contributed by atoms with Crippen LogP contribution in [0.3, 0.4) is 0 Å². The van der Waals surface area contributed by atoms with E-state index < -0.39 is 0 Å². The molecule has 0 spiro atoms. The molecule has 1 aromatic carbocycles. The maximum atomic E-state index is 5.77. The van der Waals surface area contributed by atoms with Crippen LogP contribution < -0.4 is 0 Å². The minimum atomic E-state index is 0.737. The van der Waals surface area contributed by atoms with Gasteiger partial charge >= 0.3 is 0 Å². The van der Waals surface area contributed by atoms with E-state index in [-0.39, 0.29) is 0 Å². The molecule has 2 fully saturated rings. The van der Waals surface area contributed by atoms with Gasteiger partial charge in [-0.25, -0.2) is 0 Å². The number of unbranched alkanes of at least 4 members (excludes halogenated alkanes) is 1. The molecule has 0 unspecified atom stereocenters. The second kappa shape index (κ2) is 13.2. The van der Waals surface area contributed by atoms with Crippen LogP contribution in [0.4, 0.5) is 0 Å². The summed E-state index contributed by atoms with van der Waals surface area (Å²) < 4.78 is 5.77. The lowest BCUT2D eigenvalue weighted by Crippen LogP contribution is -2.25. The maximum Gasteiger partial charge on any atom is 0.0716 e. The predicted octanol–water partition coefficient (Wildman–Crippen LogP) is 8.61. The van der Waals surface area contributed by atoms with Crippen LogP contribution in [0.1, 0.15) is 101 Å². The van der Waals surface area contributed by atoms with Gasteiger partial charge in [-0.1, -0.05) is 49.4 Å². The molecule has 0 amide bonds. The van der Waals surface area contributed by atoms with Crippen molar-refractivity contribution >= 4 is 0 Å². The van der Waals surface area contributed by atoms with Gasteiger partial charge in [0.05, 0.1) is 6.61 Å². The van der Waals surface area contributed by atoms with Crippen molar-refractivity contribution in [1.29, 1.82) is 0 Å². The van der Waals surface area contributed by atoms with Gasteiger partial charge in [-0.2, -0.15) is 0 Å². The molecular formula is C29H44O. The lowest BCUT2D eigenvalue weighted by atomic mass is 9.68. The molecular weight excluding hydrogens is 364 g/mol. The fourth-order valence-electron chi connectivity index (χ4n) is 5.68. The van der Waals surface area contributed by atoms with Crippen molar-refractivity contribution in [3.63, 3.8) is 0 Å². The molecule has 0 radical (unpaired) electrons. The Labute approximate surface area is 186 Å². The van der Waals surface area contributed by atoms with Gasteiger partial charge in [0.1, 0.15) is 0 Å². The third-order valence-corrected chi connectivity index (χ3v) is 7.62. The van der Waals surface area contributed by atoms with Gasteiger partial charge < -0.3 is 4.74 Å². The van der Waals surface area contributed by atoms with Crippen molar-refractivity contribution in [2.75, 3.05) is 6.61 Å². The molecule has 0 atom stereocenters. The van der Waals surface area contributed by atoms with Crippen molar-refractivity contribution < 1.29 is 4.74 Å². The van der Waals surface area contributed by atoms with Crippen LogP contribution in [-0.2, 0) is 11.3 Å². The Bertz CT molecular complexity index is 612. The summed E-state index contributed by atoms with van der Waals surface area (Å²) in [5.41, 5.74) is 2.85. The highest BCUT2D eigenvalue weighted by Gasteiger charge is 2.30. The minimum Gasteiger partial charge on any atom is -0.377 e. The van der Waals surface area contributed by atoms with E-state index in [2.05, 4.69) is 49.9 Å². The molecule has 1 aromatic rings. The summed E-state index contributed by atoms with van der Waals surface area (Å²) in [5.74, 6) is 3.75. The summed E-state index contributed by atoms with van der Waals surface area (Å²) in [6.45, 7) is 7.56. The molecule has 0 heterocycles. The summed E-state index contributed by atoms with van der Waals surface area (Å²) in [4.78, 5) is 0. The molecule has 0 N–H and O–H groups in total. The van der Waals surface area contributed by atoms with E-state index in [4.69, 9.17) is 4.74 Å². The zero-order chi connectivity index (χ0) is 21.0. The summed E-state index contributed by atoms with van der Waals surface area (Å²) in [7, 11) is 0. The van der Waals surface area contributed by atoms with Gasteiger partial charge in [0, 0.05) is 6.61 Å². The lowest BCUT2D eigenvalue weighted by molar-refractivity contribution is 0.119. The summed E-state index contributed by atoms with van der Waals surface area (Å²) in [5, 5.41) is 0. The Morgan fingerprint density at radius 3 is 2.20 bits per heavy atom. The Morgan fingerprint density at radius 1 is 0.900 bits per heavy atom. The number of allylic oxidation sites excluding steroid dienone is 3. The molecule has 1 heteroatoms. The van der Waals surface area contributed by atoms with Crippen LogP contribution in [0.25, 0.3) is 0 Å². The second-order valence-corrected chi connectivity index (χ2v) is 9.73. The molecule has 0 aromatic heterocycles. The van der Waals surface area contributed by atoms with E-state index in [9.17, 15) is 0 Å². The topological polar surface area (TPSA) is 9.23 Å². The minimum absolute atomic E-state index is 0.737. The van der Waals surface area contributed by atoms with Crippen molar-refractivity contribution in [3.8, 4) is 0 Å². The van der Waals surface area contributed by atoms with Crippen LogP contribution in [0.5, 0.6) is 0 Å². The van der Waals surface area contributed by atoms with Crippen LogP contribution in [0, 0.1) is 17.8 Å². The summed E-state index contributed by atoms with van der Waals surface area (Å²) in [6.07, 6.45) is 22.9. The molecule has 2 aliphatic rings. The van der Waals surface area contributed by atoms with Gasteiger partial charge in [0.25, 0.3) is 0 Å². The molecule has 1 nitrogen and oxygen atoms in total. The molecule has 3 rings (SSSR count). The number of rotatable bonds is 11. The van der Waals surface area contributed by atoms with E-state index in [1.54, 1.807) is 5.56 Å². The number of ether oxygens (including phenoxy) is 1. The molecule has 0 aliphatic heterocycles. The monoisotopic (exact) mass is 408 g/mol. The normalized spacial score (nSPS) is 27.4. The second-order valence-electron chi connectivity index (χ2n) is 9.73. The van der Waals surface area contributed by atoms with Gasteiger partial charge in [0.2, 0.25) is 0 Å². The summed E-state index contributed by atoms with van der Waals surface area (Å²) in [6, 6.07) is 9.29. The zero-order valence-corrected chi connectivity index (χ0v) is 19.4. The van der Waals surface area contributed by atoms with Crippen molar-refractivity contribution in [2.45, 2.75) is 96.5 Å². The van der Waals surface area contributed by atoms with E-state index in [1.807, 2.05) is 6.08 Å². The predicted molar refractivity (Wildman–Crippen MR) is 130 cm³/mol. The maximum absolute atomic E-state index is 5.77. The number of hydrogen-bond acceptors (Lipinski definition) is 1. The highest BCUT2D eigenvalue weighted by atomic mass is 16.5. The third kappa shape index (κ3) is 7.41. The molecule has 0 bridgehead atoms. The molecule has 166 valence electrons. The quantitative estimate of drug-likeness (QED) is 0.263. The Morgan fingerprint density at radius 2 is 1.57 bits per heavy atom. The smallest absolute Gasteiger partial charge is 0.0716 e. The average Bonchev–Trinajstić information content (AvgIpc) is 2.80. The van der Waals surface area contributed by atoms with Gasteiger partial charge in [-0.3, -0.25) is 0 Å². The van der Waals surface area contributed by atoms with Crippen LogP contribution in [0.15, 0.2) is 49.1 Å². The Balaban J connectivity index is 1.36. The van der Waals surface area contributed by atoms with Crippen LogP contribution in [0.2, 0.25) is 0 Å². The lowest BCUT2D eigenvalue weighted by Gasteiger charge is -2.38. The van der Waals surface area contributed by atoms with Gasteiger partial charge in [0.15, 0.2) is 0 Å². The first-order valence-corrected chi connectivity index (χ1v) is 12.7. The van der Waals surface area contributed by atoms with Crippen LogP contribution in [-0.4, -0.2) is 6.61 Å². The largest absolute Gasteiger partial charge is 0.377 e. The average molecular weight is 409 g/mol. The van der Waals surface area contributed by atoms with Crippen molar-refractivity contribution in [3.05, 3.63) is 60.2 Å².